The van der Waals surface area contributed by atoms with E-state index in [4.69, 9.17) is 16.6 Å². The lowest BCUT2D eigenvalue weighted by atomic mass is 9.83. The summed E-state index contributed by atoms with van der Waals surface area (Å²) < 4.78 is 4.73. The highest BCUT2D eigenvalue weighted by molar-refractivity contribution is 7.07. The summed E-state index contributed by atoms with van der Waals surface area (Å²) in [6, 6.07) is 24.4. The first-order chi connectivity index (χ1) is 18.6. The Kier molecular flexibility index (Phi) is 5.57. The summed E-state index contributed by atoms with van der Waals surface area (Å²) >= 11 is 7.70. The highest BCUT2D eigenvalue weighted by Crippen LogP contribution is 2.41. The van der Waals surface area contributed by atoms with Crippen LogP contribution in [0.5, 0.6) is 0 Å². The molecule has 0 fully saturated rings. The first-order valence-electron chi connectivity index (χ1n) is 12.7. The fraction of sp³-hybridized carbons (Fsp3) is 0.125. The van der Waals surface area contributed by atoms with Gasteiger partial charge in [-0.05, 0) is 53.8 Å². The van der Waals surface area contributed by atoms with Gasteiger partial charge in [-0.25, -0.2) is 4.99 Å². The summed E-state index contributed by atoms with van der Waals surface area (Å²) in [6.07, 6.45) is 7.80. The van der Waals surface area contributed by atoms with Gasteiger partial charge in [0.2, 0.25) is 0 Å². The molecule has 0 amide bonds. The molecule has 3 heterocycles. The Balaban J connectivity index is 1.48. The number of hydrogen-bond donors (Lipinski definition) is 0. The van der Waals surface area contributed by atoms with Gasteiger partial charge in [0.15, 0.2) is 4.80 Å². The molecule has 0 radical (unpaired) electrons. The van der Waals surface area contributed by atoms with Crippen LogP contribution in [0.2, 0.25) is 5.02 Å². The molecular formula is C32H24ClN3OS. The van der Waals surface area contributed by atoms with Crippen LogP contribution in [0, 0.1) is 0 Å². The van der Waals surface area contributed by atoms with Crippen molar-refractivity contribution in [3.63, 3.8) is 0 Å². The molecule has 1 aliphatic heterocycles. The monoisotopic (exact) mass is 533 g/mol. The quantitative estimate of drug-likeness (QED) is 0.257. The van der Waals surface area contributed by atoms with E-state index in [9.17, 15) is 4.79 Å². The third-order valence-corrected chi connectivity index (χ3v) is 8.73. The molecule has 1 atom stereocenters. The molecule has 0 saturated carbocycles. The lowest BCUT2D eigenvalue weighted by Crippen LogP contribution is -2.38. The van der Waals surface area contributed by atoms with Crippen LogP contribution in [0.3, 0.4) is 0 Å². The third kappa shape index (κ3) is 3.65. The molecule has 0 N–H and O–H groups in total. The molecule has 2 aromatic heterocycles. The van der Waals surface area contributed by atoms with E-state index in [1.54, 1.807) is 0 Å². The highest BCUT2D eigenvalue weighted by Gasteiger charge is 2.32. The minimum Gasteiger partial charge on any atom is -0.343 e. The van der Waals surface area contributed by atoms with E-state index in [0.717, 1.165) is 50.9 Å². The molecule has 2 aliphatic rings. The number of halogens is 1. The molecule has 1 aliphatic carbocycles. The van der Waals surface area contributed by atoms with E-state index >= 15 is 0 Å². The second kappa shape index (κ2) is 9.12. The molecule has 0 spiro atoms. The second-order valence-electron chi connectivity index (χ2n) is 9.71. The average Bonchev–Trinajstić information content (AvgIpc) is 3.45. The van der Waals surface area contributed by atoms with Gasteiger partial charge in [-0.3, -0.25) is 9.36 Å². The van der Waals surface area contributed by atoms with Crippen LogP contribution < -0.4 is 14.9 Å². The number of hydrogen-bond acceptors (Lipinski definition) is 3. The molecule has 0 bridgehead atoms. The zero-order chi connectivity index (χ0) is 25.8. The fourth-order valence-corrected chi connectivity index (χ4v) is 6.91. The maximum absolute atomic E-state index is 14.1. The van der Waals surface area contributed by atoms with Crippen molar-refractivity contribution < 1.29 is 0 Å². The van der Waals surface area contributed by atoms with Crippen LogP contribution in [0.4, 0.5) is 0 Å². The number of rotatable bonds is 4. The molecule has 0 saturated heterocycles. The summed E-state index contributed by atoms with van der Waals surface area (Å²) in [5.41, 5.74) is 7.83. The molecule has 6 heteroatoms. The summed E-state index contributed by atoms with van der Waals surface area (Å²) in [6.45, 7) is 4.61. The standard InChI is InChI=1S/C32H24ClN3OS/c1-2-17-35-19-22(24-8-5-6-10-27(24)35)18-28-31(37)36-30(21-11-14-23(33)15-12-21)26-16-13-20-7-3-4-9-25(20)29(26)34-32(36)38-28/h2-12,14-15,18-19,30H,1,13,16-17H2/b28-18+/t30-/m1/s1. The number of thiazole rings is 1. The van der Waals surface area contributed by atoms with Gasteiger partial charge in [0, 0.05) is 39.8 Å². The number of fused-ring (bicyclic) bond motifs is 4. The zero-order valence-electron chi connectivity index (χ0n) is 20.6. The van der Waals surface area contributed by atoms with Crippen LogP contribution in [0.25, 0.3) is 22.7 Å². The molecule has 3 aromatic carbocycles. The van der Waals surface area contributed by atoms with E-state index in [1.165, 1.54) is 22.5 Å². The average molecular weight is 534 g/mol. The molecule has 4 nitrogen and oxygen atoms in total. The zero-order valence-corrected chi connectivity index (χ0v) is 22.2. The Morgan fingerprint density at radius 3 is 2.66 bits per heavy atom. The Bertz CT molecular complexity index is 1960. The van der Waals surface area contributed by atoms with Crippen LogP contribution in [-0.2, 0) is 13.0 Å². The first kappa shape index (κ1) is 23.2. The first-order valence-corrected chi connectivity index (χ1v) is 13.9. The molecular weight excluding hydrogens is 510 g/mol. The molecule has 0 unspecified atom stereocenters. The summed E-state index contributed by atoms with van der Waals surface area (Å²) in [5.74, 6) is 0. The predicted molar refractivity (Wildman–Crippen MR) is 156 cm³/mol. The number of allylic oxidation sites excluding steroid dienone is 2. The third-order valence-electron chi connectivity index (χ3n) is 7.49. The van der Waals surface area contributed by atoms with Crippen molar-refractivity contribution in [2.75, 3.05) is 0 Å². The highest BCUT2D eigenvalue weighted by atomic mass is 35.5. The van der Waals surface area contributed by atoms with Crippen molar-refractivity contribution in [3.8, 4) is 0 Å². The minimum absolute atomic E-state index is 0.0142. The van der Waals surface area contributed by atoms with Crippen LogP contribution in [0.15, 0.2) is 107 Å². The number of aryl methyl sites for hydroxylation is 1. The van der Waals surface area contributed by atoms with Crippen molar-refractivity contribution in [1.82, 2.24) is 9.13 Å². The molecule has 38 heavy (non-hydrogen) atoms. The van der Waals surface area contributed by atoms with Crippen LogP contribution in [0.1, 0.15) is 34.7 Å². The topological polar surface area (TPSA) is 39.3 Å². The van der Waals surface area contributed by atoms with Crippen molar-refractivity contribution in [2.45, 2.75) is 25.4 Å². The van der Waals surface area contributed by atoms with Crippen LogP contribution in [-0.4, -0.2) is 9.13 Å². The van der Waals surface area contributed by atoms with Gasteiger partial charge in [0.1, 0.15) is 0 Å². The van der Waals surface area contributed by atoms with Crippen LogP contribution >= 0.6 is 22.9 Å². The van der Waals surface area contributed by atoms with Gasteiger partial charge in [0.05, 0.1) is 16.3 Å². The van der Waals surface area contributed by atoms with Crippen molar-refractivity contribution in [1.29, 1.82) is 0 Å². The maximum Gasteiger partial charge on any atom is 0.271 e. The van der Waals surface area contributed by atoms with E-state index < -0.39 is 0 Å². The van der Waals surface area contributed by atoms with Crippen molar-refractivity contribution in [3.05, 3.63) is 144 Å². The Labute approximate surface area is 228 Å². The Morgan fingerprint density at radius 2 is 1.82 bits per heavy atom. The van der Waals surface area contributed by atoms with E-state index in [0.29, 0.717) is 16.1 Å². The summed E-state index contributed by atoms with van der Waals surface area (Å²) in [4.78, 5) is 19.9. The molecule has 5 aromatic rings. The second-order valence-corrected chi connectivity index (χ2v) is 11.2. The molecule has 7 rings (SSSR count). The Morgan fingerprint density at radius 1 is 1.03 bits per heavy atom. The maximum atomic E-state index is 14.1. The fourth-order valence-electron chi connectivity index (χ4n) is 5.79. The van der Waals surface area contributed by atoms with Gasteiger partial charge >= 0.3 is 0 Å². The van der Waals surface area contributed by atoms with Gasteiger partial charge in [-0.15, -0.1) is 6.58 Å². The van der Waals surface area contributed by atoms with Gasteiger partial charge in [0.25, 0.3) is 5.56 Å². The largest absolute Gasteiger partial charge is 0.343 e. The Hall–Kier alpha value is -3.93. The lowest BCUT2D eigenvalue weighted by Gasteiger charge is -2.30. The van der Waals surface area contributed by atoms with Gasteiger partial charge in [-0.1, -0.05) is 83.6 Å². The number of benzene rings is 3. The number of aromatic nitrogens is 2. The SMILES string of the molecule is C=CCn1cc(/C=c2/sc3n(c2=O)[C@H](c2ccc(Cl)cc2)C2=C(N=3)c3ccccc3CC2)c2ccccc21. The minimum atomic E-state index is -0.212. The smallest absolute Gasteiger partial charge is 0.271 e. The summed E-state index contributed by atoms with van der Waals surface area (Å²) in [7, 11) is 0. The van der Waals surface area contributed by atoms with E-state index in [-0.39, 0.29) is 11.6 Å². The van der Waals surface area contributed by atoms with Crippen molar-refractivity contribution in [2.24, 2.45) is 4.99 Å². The number of nitrogens with zero attached hydrogens (tertiary/aromatic N) is 3. The van der Waals surface area contributed by atoms with E-state index in [2.05, 4.69) is 53.7 Å². The van der Waals surface area contributed by atoms with Gasteiger partial charge in [-0.2, -0.15) is 0 Å². The van der Waals surface area contributed by atoms with E-state index in [1.807, 2.05) is 53.1 Å². The summed E-state index contributed by atoms with van der Waals surface area (Å²) in [5, 5.41) is 1.79. The number of para-hydroxylation sites is 1. The molecule has 186 valence electrons. The van der Waals surface area contributed by atoms with Crippen molar-refractivity contribution >= 4 is 45.6 Å². The normalized spacial score (nSPS) is 16.7. The predicted octanol–water partition coefficient (Wildman–Crippen LogP) is 6.11. The lowest BCUT2D eigenvalue weighted by molar-refractivity contribution is 0.585. The van der Waals surface area contributed by atoms with Gasteiger partial charge < -0.3 is 4.57 Å².